The minimum absolute atomic E-state index is 0.0271. The minimum Gasteiger partial charge on any atom is -0.481 e. The number of nitrogens with one attached hydrogen (secondary N) is 2. The first-order valence-corrected chi connectivity index (χ1v) is 27.9. The molecule has 2 aliphatic heterocycles. The smallest absolute Gasteiger partial charge is 0.306 e. The SMILES string of the molecule is CC[C@H](C)[C@H](CC(=O)[C@H]1CCCCN1C)C(=O)N(COC)[C@H](C[C@@H](OC)c1nc(C(=O)N[C@@H](Cc2ccc(CC(=O)[C@H](CCCCN)NC(=O)CCCCCN3C(=O)C=CC3=O)cc2)CC(C)C(=O)O)cs1)C(C)C. The van der Waals surface area contributed by atoms with Crippen LogP contribution in [0.15, 0.2) is 41.8 Å². The van der Waals surface area contributed by atoms with Gasteiger partial charge in [-0.15, -0.1) is 11.3 Å². The standard InChI is InChI=1S/C56H85N7O11S/c1-9-37(4)42(32-48(65)45-18-13-16-27-61(45)6)55(70)63(35-73-7)46(36(2)3)33-49(74-8)54-60-44(34-75-54)53(69)58-41(29-38(5)56(71)72)30-39-20-22-40(23-21-39)31-47(64)43(17-12-14-26-57)59-50(66)19-11-10-15-28-62-51(67)24-25-52(62)68/h20-25,34,36-38,41-43,45-46,49H,9-19,26-33,35,57H2,1-8H3,(H,58,69)(H,59,66)(H,71,72)/t37-,38?,41+,42-,43-,45+,46+,49+/m0/s1. The maximum Gasteiger partial charge on any atom is 0.306 e. The molecule has 5 N–H and O–H groups in total. The molecule has 1 aromatic heterocycles. The van der Waals surface area contributed by atoms with Gasteiger partial charge in [-0.1, -0.05) is 78.1 Å². The Kier molecular flexibility index (Phi) is 26.4. The molecule has 19 heteroatoms. The van der Waals surface area contributed by atoms with E-state index < -0.39 is 41.9 Å². The molecule has 3 heterocycles. The first-order chi connectivity index (χ1) is 35.8. The molecule has 1 unspecified atom stereocenters. The fourth-order valence-electron chi connectivity index (χ4n) is 9.98. The van der Waals surface area contributed by atoms with E-state index in [1.807, 2.05) is 59.0 Å². The lowest BCUT2D eigenvalue weighted by Gasteiger charge is -2.39. The van der Waals surface area contributed by atoms with Gasteiger partial charge in [0.25, 0.3) is 17.7 Å². The van der Waals surface area contributed by atoms with Crippen LogP contribution >= 0.6 is 11.3 Å². The number of unbranched alkanes of at least 4 members (excludes halogenated alkanes) is 3. The maximum absolute atomic E-state index is 14.7. The number of aliphatic carboxylic acids is 1. The number of ether oxygens (including phenoxy) is 2. The van der Waals surface area contributed by atoms with Crippen molar-refractivity contribution in [2.75, 3.05) is 47.6 Å². The molecule has 0 bridgehead atoms. The van der Waals surface area contributed by atoms with E-state index in [1.165, 1.54) is 28.4 Å². The number of carbonyl (C=O) groups excluding carboxylic acids is 7. The van der Waals surface area contributed by atoms with Crippen LogP contribution in [-0.4, -0.2) is 144 Å². The fraction of sp³-hybridized carbons (Fsp3) is 0.661. The second-order valence-corrected chi connectivity index (χ2v) is 21.8. The number of thiazole rings is 1. The summed E-state index contributed by atoms with van der Waals surface area (Å²) in [6.07, 6.45) is 10.2. The predicted octanol–water partition coefficient (Wildman–Crippen LogP) is 6.45. The summed E-state index contributed by atoms with van der Waals surface area (Å²) < 4.78 is 11.7. The van der Waals surface area contributed by atoms with Crippen molar-refractivity contribution >= 4 is 58.4 Å². The number of benzene rings is 1. The highest BCUT2D eigenvalue weighted by Gasteiger charge is 2.39. The van der Waals surface area contributed by atoms with Crippen LogP contribution in [0.2, 0.25) is 0 Å². The summed E-state index contributed by atoms with van der Waals surface area (Å²) in [7, 11) is 5.09. The number of ketones is 2. The number of piperidine rings is 1. The number of amides is 5. The lowest BCUT2D eigenvalue weighted by molar-refractivity contribution is -0.150. The Morgan fingerprint density at radius 3 is 2.23 bits per heavy atom. The van der Waals surface area contributed by atoms with E-state index in [-0.39, 0.29) is 104 Å². The molecule has 1 saturated heterocycles. The summed E-state index contributed by atoms with van der Waals surface area (Å²) in [6, 6.07) is 5.48. The number of carboxylic acids is 1. The van der Waals surface area contributed by atoms with Crippen LogP contribution < -0.4 is 16.4 Å². The molecule has 5 amide bonds. The van der Waals surface area contributed by atoms with Crippen LogP contribution in [0.4, 0.5) is 0 Å². The van der Waals surface area contributed by atoms with Gasteiger partial charge in [0.15, 0.2) is 11.6 Å². The highest BCUT2D eigenvalue weighted by atomic mass is 32.1. The Labute approximate surface area is 448 Å². The molecule has 416 valence electrons. The Morgan fingerprint density at radius 2 is 1.61 bits per heavy atom. The number of carbonyl (C=O) groups is 8. The molecular formula is C56H85N7O11S. The first kappa shape index (κ1) is 62.3. The van der Waals surface area contributed by atoms with E-state index in [9.17, 15) is 43.5 Å². The van der Waals surface area contributed by atoms with Crippen molar-refractivity contribution in [3.63, 3.8) is 0 Å². The largest absolute Gasteiger partial charge is 0.481 e. The average Bonchev–Trinajstić information content (AvgIpc) is 4.00. The van der Waals surface area contributed by atoms with E-state index in [2.05, 4.69) is 15.5 Å². The third-order valence-corrected chi connectivity index (χ3v) is 15.8. The highest BCUT2D eigenvalue weighted by molar-refractivity contribution is 7.09. The van der Waals surface area contributed by atoms with Gasteiger partial charge in [0.1, 0.15) is 23.5 Å². The van der Waals surface area contributed by atoms with E-state index in [1.54, 1.807) is 31.4 Å². The summed E-state index contributed by atoms with van der Waals surface area (Å²) in [5.74, 6) is -3.96. The summed E-state index contributed by atoms with van der Waals surface area (Å²) in [6.45, 7) is 11.3. The number of aromatic nitrogens is 1. The van der Waals surface area contributed by atoms with E-state index >= 15 is 0 Å². The number of imide groups is 1. The van der Waals surface area contributed by atoms with Gasteiger partial charge in [-0.3, -0.25) is 48.2 Å². The van der Waals surface area contributed by atoms with E-state index in [0.29, 0.717) is 62.9 Å². The number of likely N-dealkylation sites (tertiary alicyclic amines) is 1. The number of Topliss-reactive ketones (excluding diaryl/α,β-unsaturated/α-hetero) is 2. The maximum atomic E-state index is 14.7. The Balaban J connectivity index is 1.41. The van der Waals surface area contributed by atoms with Crippen molar-refractivity contribution in [3.05, 3.63) is 63.6 Å². The van der Waals surface area contributed by atoms with E-state index in [0.717, 1.165) is 43.4 Å². The molecule has 0 aliphatic carbocycles. The van der Waals surface area contributed by atoms with Crippen molar-refractivity contribution < 1.29 is 52.9 Å². The zero-order chi connectivity index (χ0) is 55.2. The lowest BCUT2D eigenvalue weighted by Crippen LogP contribution is -2.50. The Hall–Kier alpha value is -5.21. The Bertz CT molecular complexity index is 2220. The number of methoxy groups -OCH3 is 2. The topological polar surface area (TPSA) is 248 Å². The number of nitrogens with two attached hydrogens (primary N) is 1. The molecule has 18 nitrogen and oxygen atoms in total. The number of likely N-dealkylation sites (N-methyl/N-ethyl adjacent to an activating group) is 1. The average molecular weight is 1060 g/mol. The molecule has 0 spiro atoms. The normalized spacial score (nSPS) is 17.8. The Morgan fingerprint density at radius 1 is 0.920 bits per heavy atom. The molecule has 8 atom stereocenters. The van der Waals surface area contributed by atoms with Crippen LogP contribution in [0, 0.1) is 23.7 Å². The molecule has 0 radical (unpaired) electrons. The number of carboxylic acid groups (broad SMARTS) is 1. The van der Waals surface area contributed by atoms with Crippen molar-refractivity contribution in [2.45, 2.75) is 168 Å². The van der Waals surface area contributed by atoms with Crippen molar-refractivity contribution in [3.8, 4) is 0 Å². The first-order valence-electron chi connectivity index (χ1n) is 27.0. The number of hydrogen-bond donors (Lipinski definition) is 4. The van der Waals surface area contributed by atoms with Crippen LogP contribution in [0.1, 0.15) is 157 Å². The van der Waals surface area contributed by atoms with Crippen molar-refractivity contribution in [2.24, 2.45) is 29.4 Å². The predicted molar refractivity (Wildman–Crippen MR) is 287 cm³/mol. The molecule has 2 aliphatic rings. The molecule has 0 saturated carbocycles. The van der Waals surface area contributed by atoms with Gasteiger partial charge >= 0.3 is 5.97 Å². The molecule has 4 rings (SSSR count). The quantitative estimate of drug-likeness (QED) is 0.0330. The minimum atomic E-state index is -1.000. The fourth-order valence-corrected chi connectivity index (χ4v) is 10.9. The van der Waals surface area contributed by atoms with Gasteiger partial charge in [0.2, 0.25) is 11.8 Å². The molecule has 2 aromatic rings. The van der Waals surface area contributed by atoms with Crippen LogP contribution in [-0.2, 0) is 55.9 Å². The summed E-state index contributed by atoms with van der Waals surface area (Å²) >= 11 is 1.26. The third kappa shape index (κ3) is 19.4. The van der Waals surface area contributed by atoms with Crippen LogP contribution in [0.5, 0.6) is 0 Å². The van der Waals surface area contributed by atoms with Gasteiger partial charge in [0, 0.05) is 82.0 Å². The molecular weight excluding hydrogens is 979 g/mol. The number of rotatable bonds is 35. The monoisotopic (exact) mass is 1060 g/mol. The second kappa shape index (κ2) is 31.7. The number of nitrogens with zero attached hydrogens (tertiary/aromatic N) is 4. The van der Waals surface area contributed by atoms with Gasteiger partial charge in [-0.2, -0.15) is 0 Å². The molecule has 75 heavy (non-hydrogen) atoms. The summed E-state index contributed by atoms with van der Waals surface area (Å²) in [4.78, 5) is 114. The van der Waals surface area contributed by atoms with Gasteiger partial charge in [0.05, 0.1) is 18.0 Å². The third-order valence-electron chi connectivity index (χ3n) is 14.8. The number of hydrogen-bond acceptors (Lipinski definition) is 14. The van der Waals surface area contributed by atoms with Gasteiger partial charge in [-0.05, 0) is 101 Å². The molecule has 1 fully saturated rings. The second-order valence-electron chi connectivity index (χ2n) is 20.9. The zero-order valence-corrected chi connectivity index (χ0v) is 46.5. The van der Waals surface area contributed by atoms with Crippen molar-refractivity contribution in [1.29, 1.82) is 0 Å². The van der Waals surface area contributed by atoms with Crippen molar-refractivity contribution in [1.82, 2.24) is 30.3 Å². The zero-order valence-electron chi connectivity index (χ0n) is 45.7. The summed E-state index contributed by atoms with van der Waals surface area (Å²) in [5, 5.41) is 18.0. The van der Waals surface area contributed by atoms with E-state index in [4.69, 9.17) is 20.2 Å². The lowest BCUT2D eigenvalue weighted by atomic mass is 9.82. The van der Waals surface area contributed by atoms with Crippen LogP contribution in [0.25, 0.3) is 0 Å². The van der Waals surface area contributed by atoms with Crippen LogP contribution in [0.3, 0.4) is 0 Å². The molecule has 1 aromatic carbocycles. The van der Waals surface area contributed by atoms with Gasteiger partial charge < -0.3 is 35.8 Å². The highest BCUT2D eigenvalue weighted by Crippen LogP contribution is 2.33. The summed E-state index contributed by atoms with van der Waals surface area (Å²) in [5.41, 5.74) is 7.41. The van der Waals surface area contributed by atoms with Gasteiger partial charge in [-0.25, -0.2) is 4.98 Å².